The minimum atomic E-state index is -0.388. The number of hydrogen-bond acceptors (Lipinski definition) is 3. The molecule has 1 aliphatic carbocycles. The van der Waals surface area contributed by atoms with E-state index in [-0.39, 0.29) is 5.82 Å². The first-order valence-corrected chi connectivity index (χ1v) is 7.89. The maximum Gasteiger partial charge on any atom is 0.151 e. The first kappa shape index (κ1) is 14.0. The van der Waals surface area contributed by atoms with E-state index in [2.05, 4.69) is 28.5 Å². The summed E-state index contributed by atoms with van der Waals surface area (Å²) in [6, 6.07) is 12.0. The van der Waals surface area contributed by atoms with Crippen LogP contribution in [0.2, 0.25) is 0 Å². The highest BCUT2D eigenvalue weighted by Gasteiger charge is 2.12. The van der Waals surface area contributed by atoms with Crippen molar-refractivity contribution in [3.63, 3.8) is 0 Å². The smallest absolute Gasteiger partial charge is 0.151 e. The molecule has 0 spiro atoms. The summed E-state index contributed by atoms with van der Waals surface area (Å²) in [6.45, 7) is 0.663. The first-order chi connectivity index (χ1) is 11.2. The van der Waals surface area contributed by atoms with Gasteiger partial charge in [0.1, 0.15) is 5.82 Å². The summed E-state index contributed by atoms with van der Waals surface area (Å²) in [4.78, 5) is 4.19. The summed E-state index contributed by atoms with van der Waals surface area (Å²) in [7, 11) is 0. The number of fused-ring (bicyclic) bond motifs is 2. The van der Waals surface area contributed by atoms with Crippen molar-refractivity contribution in [2.24, 2.45) is 0 Å². The van der Waals surface area contributed by atoms with Gasteiger partial charge in [-0.3, -0.25) is 0 Å². The van der Waals surface area contributed by atoms with Crippen molar-refractivity contribution in [2.75, 3.05) is 11.1 Å². The molecule has 3 aromatic rings. The van der Waals surface area contributed by atoms with Crippen LogP contribution in [0, 0.1) is 5.82 Å². The Kier molecular flexibility index (Phi) is 3.37. The average Bonchev–Trinajstić information content (AvgIpc) is 3.02. The van der Waals surface area contributed by atoms with E-state index in [4.69, 9.17) is 5.73 Å². The number of pyridine rings is 1. The molecule has 0 amide bonds. The highest BCUT2D eigenvalue weighted by Crippen LogP contribution is 2.29. The van der Waals surface area contributed by atoms with E-state index in [1.165, 1.54) is 35.7 Å². The van der Waals surface area contributed by atoms with Gasteiger partial charge < -0.3 is 11.1 Å². The molecule has 0 aliphatic heterocycles. The second kappa shape index (κ2) is 5.54. The average molecular weight is 307 g/mol. The van der Waals surface area contributed by atoms with E-state index >= 15 is 0 Å². The van der Waals surface area contributed by atoms with Crippen molar-refractivity contribution in [1.82, 2.24) is 4.98 Å². The number of nitrogens with two attached hydrogens (primary N) is 1. The van der Waals surface area contributed by atoms with Gasteiger partial charge in [-0.15, -0.1) is 0 Å². The maximum absolute atomic E-state index is 14.0. The number of nitrogens with zero attached hydrogens (tertiary/aromatic N) is 1. The molecule has 2 aromatic carbocycles. The van der Waals surface area contributed by atoms with Gasteiger partial charge in [-0.2, -0.15) is 0 Å². The number of aryl methyl sites for hydroxylation is 2. The number of rotatable bonds is 3. The van der Waals surface area contributed by atoms with Crippen LogP contribution in [0.5, 0.6) is 0 Å². The van der Waals surface area contributed by atoms with E-state index < -0.39 is 0 Å². The molecule has 4 heteroatoms. The number of hydrogen-bond donors (Lipinski definition) is 2. The summed E-state index contributed by atoms with van der Waals surface area (Å²) in [5, 5.41) is 4.46. The van der Waals surface area contributed by atoms with Crippen LogP contribution >= 0.6 is 0 Å². The second-order valence-electron chi connectivity index (χ2n) is 6.03. The largest absolute Gasteiger partial charge is 0.398 e. The van der Waals surface area contributed by atoms with Crippen molar-refractivity contribution in [1.29, 1.82) is 0 Å². The van der Waals surface area contributed by atoms with Crippen molar-refractivity contribution >= 4 is 22.3 Å². The van der Waals surface area contributed by atoms with Gasteiger partial charge in [-0.25, -0.2) is 9.37 Å². The van der Waals surface area contributed by atoms with Crippen LogP contribution in [-0.4, -0.2) is 4.98 Å². The van der Waals surface area contributed by atoms with Gasteiger partial charge in [0.15, 0.2) is 5.82 Å². The second-order valence-corrected chi connectivity index (χ2v) is 6.03. The van der Waals surface area contributed by atoms with Crippen LogP contribution in [0.1, 0.15) is 23.1 Å². The standard InChI is InChI=1S/C19H18FN3/c20-16-11-23-19(15-5-2-6-17(21)18(15)16)22-10-12-7-8-13-3-1-4-14(13)9-12/h2,5-9,11H,1,3-4,10,21H2,(H,22,23). The summed E-state index contributed by atoms with van der Waals surface area (Å²) in [5.41, 5.74) is 10.5. The van der Waals surface area contributed by atoms with E-state index in [9.17, 15) is 4.39 Å². The van der Waals surface area contributed by atoms with Crippen LogP contribution in [0.15, 0.2) is 42.6 Å². The molecule has 0 fully saturated rings. The third-order valence-corrected chi connectivity index (χ3v) is 4.52. The molecule has 0 bridgehead atoms. The van der Waals surface area contributed by atoms with Gasteiger partial charge in [0.05, 0.1) is 6.20 Å². The van der Waals surface area contributed by atoms with Gasteiger partial charge in [-0.1, -0.05) is 30.3 Å². The zero-order valence-corrected chi connectivity index (χ0v) is 12.8. The molecule has 0 atom stereocenters. The number of aromatic nitrogens is 1. The molecule has 4 rings (SSSR count). The predicted octanol–water partition coefficient (Wildman–Crippen LogP) is 4.06. The lowest BCUT2D eigenvalue weighted by molar-refractivity contribution is 0.634. The summed E-state index contributed by atoms with van der Waals surface area (Å²) in [6.07, 6.45) is 4.82. The van der Waals surface area contributed by atoms with Crippen molar-refractivity contribution in [2.45, 2.75) is 25.8 Å². The Morgan fingerprint density at radius 1 is 1.13 bits per heavy atom. The van der Waals surface area contributed by atoms with Crippen molar-refractivity contribution in [3.05, 3.63) is 65.1 Å². The lowest BCUT2D eigenvalue weighted by Gasteiger charge is -2.11. The third kappa shape index (κ3) is 2.50. The number of halogens is 1. The Morgan fingerprint density at radius 3 is 2.91 bits per heavy atom. The SMILES string of the molecule is Nc1cccc2c(NCc3ccc4c(c3)CCC4)ncc(F)c12. The van der Waals surface area contributed by atoms with Gasteiger partial charge in [-0.05, 0) is 42.0 Å². The van der Waals surface area contributed by atoms with Gasteiger partial charge in [0.25, 0.3) is 0 Å². The Bertz CT molecular complexity index is 881. The first-order valence-electron chi connectivity index (χ1n) is 7.89. The number of benzene rings is 2. The number of anilines is 2. The minimum absolute atomic E-state index is 0.388. The lowest BCUT2D eigenvalue weighted by Crippen LogP contribution is -2.04. The fourth-order valence-electron chi connectivity index (χ4n) is 3.35. The summed E-state index contributed by atoms with van der Waals surface area (Å²) >= 11 is 0. The van der Waals surface area contributed by atoms with E-state index in [1.807, 2.05) is 12.1 Å². The van der Waals surface area contributed by atoms with Crippen molar-refractivity contribution in [3.8, 4) is 0 Å². The molecule has 0 saturated carbocycles. The van der Waals surface area contributed by atoms with Gasteiger partial charge in [0, 0.05) is 23.0 Å². The summed E-state index contributed by atoms with van der Waals surface area (Å²) in [5.74, 6) is 0.273. The van der Waals surface area contributed by atoms with E-state index in [0.717, 1.165) is 6.42 Å². The Morgan fingerprint density at radius 2 is 2.00 bits per heavy atom. The molecule has 116 valence electrons. The van der Waals surface area contributed by atoms with Crippen LogP contribution in [-0.2, 0) is 19.4 Å². The molecule has 0 saturated heterocycles. The van der Waals surface area contributed by atoms with Crippen LogP contribution in [0.3, 0.4) is 0 Å². The topological polar surface area (TPSA) is 50.9 Å². The molecule has 1 heterocycles. The van der Waals surface area contributed by atoms with Crippen LogP contribution < -0.4 is 11.1 Å². The monoisotopic (exact) mass is 307 g/mol. The minimum Gasteiger partial charge on any atom is -0.398 e. The quantitative estimate of drug-likeness (QED) is 0.718. The highest BCUT2D eigenvalue weighted by atomic mass is 19.1. The van der Waals surface area contributed by atoms with E-state index in [1.54, 1.807) is 6.07 Å². The molecule has 1 aliphatic rings. The Balaban J connectivity index is 1.63. The van der Waals surface area contributed by atoms with Crippen LogP contribution in [0.4, 0.5) is 15.9 Å². The predicted molar refractivity (Wildman–Crippen MR) is 91.9 cm³/mol. The molecule has 3 nitrogen and oxygen atoms in total. The molecule has 1 aromatic heterocycles. The third-order valence-electron chi connectivity index (χ3n) is 4.52. The summed E-state index contributed by atoms with van der Waals surface area (Å²) < 4.78 is 14.0. The molecule has 0 unspecified atom stereocenters. The number of nitrogens with one attached hydrogen (secondary N) is 1. The van der Waals surface area contributed by atoms with E-state index in [0.29, 0.717) is 28.8 Å². The zero-order valence-electron chi connectivity index (χ0n) is 12.8. The zero-order chi connectivity index (χ0) is 15.8. The normalized spacial score (nSPS) is 13.3. The Labute approximate surface area is 134 Å². The number of nitrogen functional groups attached to an aromatic ring is 1. The Hall–Kier alpha value is -2.62. The van der Waals surface area contributed by atoms with Gasteiger partial charge in [0.2, 0.25) is 0 Å². The van der Waals surface area contributed by atoms with Crippen LogP contribution in [0.25, 0.3) is 10.8 Å². The lowest BCUT2D eigenvalue weighted by atomic mass is 10.1. The van der Waals surface area contributed by atoms with Crippen molar-refractivity contribution < 1.29 is 4.39 Å². The maximum atomic E-state index is 14.0. The molecular formula is C19H18FN3. The molecule has 23 heavy (non-hydrogen) atoms. The highest BCUT2D eigenvalue weighted by molar-refractivity contribution is 5.99. The fourth-order valence-corrected chi connectivity index (χ4v) is 3.35. The fraction of sp³-hybridized carbons (Fsp3) is 0.211. The molecular weight excluding hydrogens is 289 g/mol. The molecule has 0 radical (unpaired) electrons. The molecule has 3 N–H and O–H groups in total. The van der Waals surface area contributed by atoms with Gasteiger partial charge >= 0.3 is 0 Å².